The van der Waals surface area contributed by atoms with Crippen molar-refractivity contribution in [2.24, 2.45) is 0 Å². The summed E-state index contributed by atoms with van der Waals surface area (Å²) in [5.41, 5.74) is -0.156. The van der Waals surface area contributed by atoms with Gasteiger partial charge in [0.25, 0.3) is 0 Å². The van der Waals surface area contributed by atoms with Crippen molar-refractivity contribution in [3.8, 4) is 11.4 Å². The summed E-state index contributed by atoms with van der Waals surface area (Å²) in [5, 5.41) is 19.6. The molecule has 0 saturated heterocycles. The van der Waals surface area contributed by atoms with Gasteiger partial charge in [0.2, 0.25) is 11.7 Å². The fourth-order valence-electron chi connectivity index (χ4n) is 2.29. The number of aliphatic hydroxyl groups is 1. The topological polar surface area (TPSA) is 113 Å². The molecule has 0 bridgehead atoms. The Kier molecular flexibility index (Phi) is 4.53. The van der Waals surface area contributed by atoms with E-state index >= 15 is 0 Å². The molecule has 2 amide bonds. The Morgan fingerprint density at radius 2 is 2.08 bits per heavy atom. The first kappa shape index (κ1) is 16.7. The van der Waals surface area contributed by atoms with Crippen LogP contribution in [0.1, 0.15) is 18.6 Å². The molecule has 2 heterocycles. The summed E-state index contributed by atoms with van der Waals surface area (Å²) in [6.45, 7) is 3.23. The summed E-state index contributed by atoms with van der Waals surface area (Å²) >= 11 is 0. The van der Waals surface area contributed by atoms with Crippen LogP contribution in [0.4, 0.5) is 10.5 Å². The van der Waals surface area contributed by atoms with E-state index in [4.69, 9.17) is 8.94 Å². The first-order chi connectivity index (χ1) is 12.0. The number of rotatable bonds is 5. The number of hydrogen-bond donors (Lipinski definition) is 3. The number of carbonyl (C=O) groups is 1. The van der Waals surface area contributed by atoms with Gasteiger partial charge in [-0.3, -0.25) is 0 Å². The van der Waals surface area contributed by atoms with Crippen molar-refractivity contribution in [1.82, 2.24) is 15.5 Å². The van der Waals surface area contributed by atoms with E-state index in [1.54, 1.807) is 44.2 Å². The van der Waals surface area contributed by atoms with Crippen molar-refractivity contribution >= 4 is 11.7 Å². The fourth-order valence-corrected chi connectivity index (χ4v) is 2.29. The summed E-state index contributed by atoms with van der Waals surface area (Å²) in [6.07, 6.45) is 1.47. The van der Waals surface area contributed by atoms with Gasteiger partial charge in [0.1, 0.15) is 11.4 Å². The summed E-state index contributed by atoms with van der Waals surface area (Å²) in [7, 11) is 0. The highest BCUT2D eigenvalue weighted by Crippen LogP contribution is 2.25. The molecule has 2 aromatic heterocycles. The van der Waals surface area contributed by atoms with E-state index in [-0.39, 0.29) is 6.54 Å². The number of aryl methyl sites for hydroxylation is 1. The van der Waals surface area contributed by atoms with Crippen LogP contribution in [0.15, 0.2) is 51.6 Å². The lowest BCUT2D eigenvalue weighted by atomic mass is 10.0. The molecule has 0 spiro atoms. The Bertz CT molecular complexity index is 855. The van der Waals surface area contributed by atoms with Gasteiger partial charge in [-0.1, -0.05) is 17.3 Å². The van der Waals surface area contributed by atoms with Crippen LogP contribution < -0.4 is 10.6 Å². The fraction of sp³-hybridized carbons (Fsp3) is 0.235. The second-order valence-corrected chi connectivity index (χ2v) is 5.74. The molecule has 0 fully saturated rings. The standard InChI is InChI=1S/C17H18N4O4/c1-11-19-15(21-25-11)12-6-3-4-7-13(12)20-16(22)18-10-17(2,23)14-8-5-9-24-14/h3-9,23H,10H2,1-2H3,(H2,18,20,22)/t17-/m1/s1. The third kappa shape index (κ3) is 3.86. The van der Waals surface area contributed by atoms with E-state index in [0.29, 0.717) is 28.7 Å². The van der Waals surface area contributed by atoms with Gasteiger partial charge in [-0.15, -0.1) is 0 Å². The molecule has 0 aliphatic heterocycles. The predicted octanol–water partition coefficient (Wildman–Crippen LogP) is 2.67. The van der Waals surface area contributed by atoms with E-state index in [2.05, 4.69) is 20.8 Å². The lowest BCUT2D eigenvalue weighted by Crippen LogP contribution is -2.40. The van der Waals surface area contributed by atoms with E-state index in [0.717, 1.165) is 0 Å². The third-order valence-corrected chi connectivity index (χ3v) is 3.59. The predicted molar refractivity (Wildman–Crippen MR) is 89.8 cm³/mol. The lowest BCUT2D eigenvalue weighted by Gasteiger charge is -2.21. The molecule has 1 aromatic carbocycles. The van der Waals surface area contributed by atoms with Crippen molar-refractivity contribution < 1.29 is 18.8 Å². The number of amides is 2. The number of nitrogens with one attached hydrogen (secondary N) is 2. The highest BCUT2D eigenvalue weighted by Gasteiger charge is 2.27. The summed E-state index contributed by atoms with van der Waals surface area (Å²) in [4.78, 5) is 16.4. The molecule has 0 aliphatic carbocycles. The van der Waals surface area contributed by atoms with Crippen LogP contribution in [-0.2, 0) is 5.60 Å². The van der Waals surface area contributed by atoms with E-state index in [9.17, 15) is 9.90 Å². The molecule has 0 unspecified atom stereocenters. The zero-order valence-corrected chi connectivity index (χ0v) is 13.8. The quantitative estimate of drug-likeness (QED) is 0.657. The van der Waals surface area contributed by atoms with Gasteiger partial charge in [0, 0.05) is 12.5 Å². The highest BCUT2D eigenvalue weighted by molar-refractivity contribution is 5.93. The number of hydrogen-bond acceptors (Lipinski definition) is 6. The zero-order chi connectivity index (χ0) is 17.9. The van der Waals surface area contributed by atoms with Gasteiger partial charge >= 0.3 is 6.03 Å². The number of benzene rings is 1. The molecule has 0 aliphatic rings. The van der Waals surface area contributed by atoms with Gasteiger partial charge < -0.3 is 24.7 Å². The summed E-state index contributed by atoms with van der Waals surface area (Å²) in [5.74, 6) is 1.19. The smallest absolute Gasteiger partial charge is 0.319 e. The molecule has 130 valence electrons. The van der Waals surface area contributed by atoms with Crippen LogP contribution in [0.5, 0.6) is 0 Å². The first-order valence-electron chi connectivity index (χ1n) is 7.66. The molecular weight excluding hydrogens is 324 g/mol. The molecule has 3 N–H and O–H groups in total. The Labute approximate surface area is 143 Å². The summed E-state index contributed by atoms with van der Waals surface area (Å²) in [6, 6.07) is 9.95. The maximum Gasteiger partial charge on any atom is 0.319 e. The Morgan fingerprint density at radius 3 is 2.76 bits per heavy atom. The molecule has 0 saturated carbocycles. The van der Waals surface area contributed by atoms with Crippen molar-refractivity contribution in [3.63, 3.8) is 0 Å². The van der Waals surface area contributed by atoms with Gasteiger partial charge in [-0.25, -0.2) is 4.79 Å². The molecule has 0 radical (unpaired) electrons. The Hall–Kier alpha value is -3.13. The average molecular weight is 342 g/mol. The van der Waals surface area contributed by atoms with Crippen LogP contribution in [0.3, 0.4) is 0 Å². The molecule has 3 rings (SSSR count). The van der Waals surface area contributed by atoms with Crippen molar-refractivity contribution in [3.05, 3.63) is 54.3 Å². The van der Waals surface area contributed by atoms with Crippen LogP contribution in [-0.4, -0.2) is 27.8 Å². The number of urea groups is 1. The second-order valence-electron chi connectivity index (χ2n) is 5.74. The Morgan fingerprint density at radius 1 is 1.28 bits per heavy atom. The van der Waals surface area contributed by atoms with Crippen LogP contribution in [0.25, 0.3) is 11.4 Å². The molecule has 25 heavy (non-hydrogen) atoms. The molecule has 3 aromatic rings. The van der Waals surface area contributed by atoms with Crippen LogP contribution >= 0.6 is 0 Å². The van der Waals surface area contributed by atoms with Crippen molar-refractivity contribution in [2.45, 2.75) is 19.4 Å². The normalized spacial score (nSPS) is 13.2. The molecule has 8 nitrogen and oxygen atoms in total. The van der Waals surface area contributed by atoms with E-state index in [1.165, 1.54) is 6.26 Å². The van der Waals surface area contributed by atoms with Crippen LogP contribution in [0, 0.1) is 6.92 Å². The molecular formula is C17H18N4O4. The average Bonchev–Trinajstić information content (AvgIpc) is 3.26. The number of para-hydroxylation sites is 1. The second kappa shape index (κ2) is 6.78. The number of aromatic nitrogens is 2. The number of carbonyl (C=O) groups excluding carboxylic acids is 1. The zero-order valence-electron chi connectivity index (χ0n) is 13.8. The summed E-state index contributed by atoms with van der Waals surface area (Å²) < 4.78 is 10.2. The first-order valence-corrected chi connectivity index (χ1v) is 7.66. The SMILES string of the molecule is Cc1nc(-c2ccccc2NC(=O)NC[C@@](C)(O)c2ccco2)no1. The van der Waals surface area contributed by atoms with Gasteiger partial charge in [-0.2, -0.15) is 4.98 Å². The van der Waals surface area contributed by atoms with E-state index < -0.39 is 11.6 Å². The van der Waals surface area contributed by atoms with Crippen LogP contribution in [0.2, 0.25) is 0 Å². The lowest BCUT2D eigenvalue weighted by molar-refractivity contribution is 0.0372. The van der Waals surface area contributed by atoms with Gasteiger partial charge in [-0.05, 0) is 31.2 Å². The maximum atomic E-state index is 12.2. The molecule has 8 heteroatoms. The largest absolute Gasteiger partial charge is 0.466 e. The molecule has 1 atom stereocenters. The highest BCUT2D eigenvalue weighted by atomic mass is 16.5. The van der Waals surface area contributed by atoms with Crippen molar-refractivity contribution in [2.75, 3.05) is 11.9 Å². The van der Waals surface area contributed by atoms with Crippen molar-refractivity contribution in [1.29, 1.82) is 0 Å². The number of furan rings is 1. The third-order valence-electron chi connectivity index (χ3n) is 3.59. The van der Waals surface area contributed by atoms with E-state index in [1.807, 2.05) is 6.07 Å². The monoisotopic (exact) mass is 342 g/mol. The minimum absolute atomic E-state index is 0.0180. The number of anilines is 1. The number of nitrogens with zero attached hydrogens (tertiary/aromatic N) is 2. The maximum absolute atomic E-state index is 12.2. The van der Waals surface area contributed by atoms with Gasteiger partial charge in [0.15, 0.2) is 0 Å². The van der Waals surface area contributed by atoms with Gasteiger partial charge in [0.05, 0.1) is 18.5 Å². The minimum Gasteiger partial charge on any atom is -0.466 e. The Balaban J connectivity index is 1.68. The minimum atomic E-state index is -1.31.